The second-order valence-electron chi connectivity index (χ2n) is 7.24. The van der Waals surface area contributed by atoms with Crippen molar-refractivity contribution in [3.05, 3.63) is 64.2 Å². The monoisotopic (exact) mass is 435 g/mol. The number of hydrogen-bond donors (Lipinski definition) is 1. The van der Waals surface area contributed by atoms with Gasteiger partial charge in [-0.15, -0.1) is 0 Å². The number of benzene rings is 2. The maximum atomic E-state index is 12.8. The van der Waals surface area contributed by atoms with Crippen LogP contribution in [0.25, 0.3) is 0 Å². The standard InChI is InChI=1S/C20H25N3O6S/c1-16-4-2-6-19(12-16)29-15-18(24)14-21-8-10-22(11-9-21)30(27,28)20-7-3-5-17(13-20)23(25)26/h2-7,12-13,18,24H,8-11,14-15H2,1H3/t18-/m0/s1. The fraction of sp³-hybridized carbons (Fsp3) is 0.400. The molecule has 0 radical (unpaired) electrons. The lowest BCUT2D eigenvalue weighted by atomic mass is 10.2. The molecular weight excluding hydrogens is 410 g/mol. The summed E-state index contributed by atoms with van der Waals surface area (Å²) in [5, 5.41) is 21.2. The first kappa shape index (κ1) is 22.2. The van der Waals surface area contributed by atoms with Crippen molar-refractivity contribution in [2.75, 3.05) is 39.3 Å². The molecule has 0 bridgehead atoms. The third-order valence-electron chi connectivity index (χ3n) is 4.90. The highest BCUT2D eigenvalue weighted by Crippen LogP contribution is 2.22. The molecule has 0 aliphatic carbocycles. The van der Waals surface area contributed by atoms with Gasteiger partial charge in [-0.3, -0.25) is 15.0 Å². The van der Waals surface area contributed by atoms with E-state index in [1.165, 1.54) is 22.5 Å². The Labute approximate surface area is 175 Å². The largest absolute Gasteiger partial charge is 0.491 e. The van der Waals surface area contributed by atoms with E-state index in [9.17, 15) is 23.6 Å². The van der Waals surface area contributed by atoms with Crippen molar-refractivity contribution >= 4 is 15.7 Å². The van der Waals surface area contributed by atoms with Crippen molar-refractivity contribution in [2.45, 2.75) is 17.9 Å². The number of rotatable bonds is 8. The van der Waals surface area contributed by atoms with Crippen LogP contribution in [0, 0.1) is 17.0 Å². The number of aryl methyl sites for hydroxylation is 1. The second-order valence-corrected chi connectivity index (χ2v) is 9.18. The molecule has 1 aliphatic heterocycles. The summed E-state index contributed by atoms with van der Waals surface area (Å²) in [6, 6.07) is 12.6. The van der Waals surface area contributed by atoms with Crippen molar-refractivity contribution in [2.24, 2.45) is 0 Å². The van der Waals surface area contributed by atoms with Gasteiger partial charge in [-0.25, -0.2) is 8.42 Å². The SMILES string of the molecule is Cc1cccc(OC[C@@H](O)CN2CCN(S(=O)(=O)c3cccc([N+](=O)[O-])c3)CC2)c1. The van der Waals surface area contributed by atoms with Crippen LogP contribution in [0.3, 0.4) is 0 Å². The topological polar surface area (TPSA) is 113 Å². The number of piperazine rings is 1. The number of ether oxygens (including phenoxy) is 1. The fourth-order valence-electron chi connectivity index (χ4n) is 3.31. The van der Waals surface area contributed by atoms with E-state index in [4.69, 9.17) is 4.74 Å². The first-order valence-electron chi connectivity index (χ1n) is 9.60. The van der Waals surface area contributed by atoms with Crippen LogP contribution >= 0.6 is 0 Å². The molecule has 9 nitrogen and oxygen atoms in total. The first-order chi connectivity index (χ1) is 14.3. The number of sulfonamides is 1. The van der Waals surface area contributed by atoms with Gasteiger partial charge in [-0.1, -0.05) is 18.2 Å². The van der Waals surface area contributed by atoms with E-state index in [-0.39, 0.29) is 30.3 Å². The summed E-state index contributed by atoms with van der Waals surface area (Å²) in [6.07, 6.45) is -0.703. The van der Waals surface area contributed by atoms with E-state index < -0.39 is 21.1 Å². The molecule has 1 atom stereocenters. The van der Waals surface area contributed by atoms with Gasteiger partial charge in [0.25, 0.3) is 5.69 Å². The van der Waals surface area contributed by atoms with Gasteiger partial charge in [-0.2, -0.15) is 4.31 Å². The zero-order valence-electron chi connectivity index (χ0n) is 16.7. The van der Waals surface area contributed by atoms with Gasteiger partial charge in [-0.05, 0) is 30.7 Å². The molecule has 0 saturated carbocycles. The normalized spacial score (nSPS) is 16.9. The van der Waals surface area contributed by atoms with Gasteiger partial charge < -0.3 is 9.84 Å². The molecule has 1 aliphatic rings. The molecule has 1 fully saturated rings. The van der Waals surface area contributed by atoms with Gasteiger partial charge in [0.05, 0.1) is 9.82 Å². The molecule has 2 aromatic carbocycles. The Hall–Kier alpha value is -2.53. The van der Waals surface area contributed by atoms with Crippen molar-refractivity contribution in [3.63, 3.8) is 0 Å². The van der Waals surface area contributed by atoms with Crippen molar-refractivity contribution in [1.29, 1.82) is 0 Å². The highest BCUT2D eigenvalue weighted by Gasteiger charge is 2.30. The lowest BCUT2D eigenvalue weighted by molar-refractivity contribution is -0.385. The number of nitrogens with zero attached hydrogens (tertiary/aromatic N) is 3. The molecule has 0 spiro atoms. The lowest BCUT2D eigenvalue weighted by Gasteiger charge is -2.34. The molecule has 1 heterocycles. The van der Waals surface area contributed by atoms with Gasteiger partial charge in [0.1, 0.15) is 18.5 Å². The summed E-state index contributed by atoms with van der Waals surface area (Å²) in [4.78, 5) is 12.2. The van der Waals surface area contributed by atoms with Crippen LogP contribution in [0.15, 0.2) is 53.4 Å². The number of aliphatic hydroxyl groups excluding tert-OH is 1. The van der Waals surface area contributed by atoms with Crippen molar-refractivity contribution < 1.29 is 23.2 Å². The molecule has 162 valence electrons. The molecule has 2 aromatic rings. The minimum absolute atomic E-state index is 0.0864. The zero-order chi connectivity index (χ0) is 21.7. The fourth-order valence-corrected chi connectivity index (χ4v) is 4.77. The van der Waals surface area contributed by atoms with E-state index in [0.717, 1.165) is 11.6 Å². The average molecular weight is 436 g/mol. The number of β-amino-alcohol motifs (C(OH)–C–C–N with tert-alkyl or cyclic N) is 1. The predicted molar refractivity (Wildman–Crippen MR) is 111 cm³/mol. The smallest absolute Gasteiger partial charge is 0.270 e. The summed E-state index contributed by atoms with van der Waals surface area (Å²) in [5.74, 6) is 0.696. The molecule has 30 heavy (non-hydrogen) atoms. The van der Waals surface area contributed by atoms with Crippen LogP contribution in [-0.4, -0.2) is 73.1 Å². The molecular formula is C20H25N3O6S. The maximum absolute atomic E-state index is 12.8. The Morgan fingerprint density at radius 2 is 1.83 bits per heavy atom. The van der Waals surface area contributed by atoms with Crippen molar-refractivity contribution in [1.82, 2.24) is 9.21 Å². The summed E-state index contributed by atoms with van der Waals surface area (Å²) in [7, 11) is -3.81. The summed E-state index contributed by atoms with van der Waals surface area (Å²) >= 11 is 0. The Morgan fingerprint density at radius 3 is 2.50 bits per heavy atom. The van der Waals surface area contributed by atoms with E-state index in [1.807, 2.05) is 36.1 Å². The third-order valence-corrected chi connectivity index (χ3v) is 6.79. The minimum atomic E-state index is -3.81. The zero-order valence-corrected chi connectivity index (χ0v) is 17.5. The van der Waals surface area contributed by atoms with Gasteiger partial charge in [0.2, 0.25) is 10.0 Å². The van der Waals surface area contributed by atoms with Crippen LogP contribution in [0.4, 0.5) is 5.69 Å². The Bertz CT molecular complexity index is 990. The number of hydrogen-bond acceptors (Lipinski definition) is 7. The Kier molecular flexibility index (Phi) is 7.03. The molecule has 1 N–H and O–H groups in total. The quantitative estimate of drug-likeness (QED) is 0.495. The van der Waals surface area contributed by atoms with E-state index in [2.05, 4.69) is 0 Å². The van der Waals surface area contributed by atoms with Crippen LogP contribution in [0.2, 0.25) is 0 Å². The van der Waals surface area contributed by atoms with Crippen LogP contribution in [-0.2, 0) is 10.0 Å². The summed E-state index contributed by atoms with van der Waals surface area (Å²) < 4.78 is 32.5. The average Bonchev–Trinajstić information content (AvgIpc) is 2.73. The maximum Gasteiger partial charge on any atom is 0.270 e. The van der Waals surface area contributed by atoms with Gasteiger partial charge in [0, 0.05) is 44.9 Å². The molecule has 10 heteroatoms. The summed E-state index contributed by atoms with van der Waals surface area (Å²) in [5.41, 5.74) is 0.814. The first-order valence-corrected chi connectivity index (χ1v) is 11.0. The van der Waals surface area contributed by atoms with Gasteiger partial charge in [0.15, 0.2) is 0 Å². The lowest BCUT2D eigenvalue weighted by Crippen LogP contribution is -2.50. The molecule has 3 rings (SSSR count). The van der Waals surface area contributed by atoms with E-state index in [0.29, 0.717) is 25.4 Å². The second kappa shape index (κ2) is 9.52. The minimum Gasteiger partial charge on any atom is -0.491 e. The Morgan fingerprint density at radius 1 is 1.13 bits per heavy atom. The number of aliphatic hydroxyl groups is 1. The number of nitro benzene ring substituents is 1. The van der Waals surface area contributed by atoms with Crippen LogP contribution in [0.5, 0.6) is 5.75 Å². The van der Waals surface area contributed by atoms with Crippen LogP contribution in [0.1, 0.15) is 5.56 Å². The molecule has 0 unspecified atom stereocenters. The van der Waals surface area contributed by atoms with E-state index in [1.54, 1.807) is 0 Å². The van der Waals surface area contributed by atoms with Gasteiger partial charge >= 0.3 is 0 Å². The molecule has 0 aromatic heterocycles. The molecule has 0 amide bonds. The summed E-state index contributed by atoms with van der Waals surface area (Å²) in [6.45, 7) is 3.88. The van der Waals surface area contributed by atoms with E-state index >= 15 is 0 Å². The van der Waals surface area contributed by atoms with Crippen molar-refractivity contribution in [3.8, 4) is 5.75 Å². The van der Waals surface area contributed by atoms with Crippen LogP contribution < -0.4 is 4.74 Å². The number of nitro groups is 1. The number of non-ortho nitro benzene ring substituents is 1. The molecule has 1 saturated heterocycles. The highest BCUT2D eigenvalue weighted by atomic mass is 32.2. The Balaban J connectivity index is 1.51. The highest BCUT2D eigenvalue weighted by molar-refractivity contribution is 7.89. The third kappa shape index (κ3) is 5.54. The predicted octanol–water partition coefficient (Wildman–Crippen LogP) is 1.65.